The Kier molecular flexibility index (Phi) is 6.57. The summed E-state index contributed by atoms with van der Waals surface area (Å²) in [7, 11) is 2.31. The number of rotatable bonds is 10. The van der Waals surface area contributed by atoms with Gasteiger partial charge in [-0.15, -0.1) is 13.2 Å². The maximum absolute atomic E-state index is 12.3. The Morgan fingerprint density at radius 2 is 1.89 bits per heavy atom. The molecule has 0 bridgehead atoms. The highest BCUT2D eigenvalue weighted by atomic mass is 16.1. The van der Waals surface area contributed by atoms with Crippen molar-refractivity contribution >= 4 is 18.5 Å². The van der Waals surface area contributed by atoms with Crippen LogP contribution >= 0.6 is 0 Å². The van der Waals surface area contributed by atoms with Crippen molar-refractivity contribution in [3.05, 3.63) is 66.8 Å². The Hall–Kier alpha value is -1.83. The van der Waals surface area contributed by atoms with E-state index < -0.39 is 0 Å². The fourth-order valence-electron chi connectivity index (χ4n) is 5.36. The molecule has 0 saturated carbocycles. The number of hydrogen-bond donors (Lipinski definition) is 0. The van der Waals surface area contributed by atoms with Gasteiger partial charge >= 0.3 is 0 Å². The molecule has 1 aromatic rings. The molecule has 0 aliphatic heterocycles. The summed E-state index contributed by atoms with van der Waals surface area (Å²) in [4.78, 5) is 12.3. The average molecular weight is 359 g/mol. The summed E-state index contributed by atoms with van der Waals surface area (Å²) in [5.74, 6) is 1.08. The van der Waals surface area contributed by atoms with Crippen molar-refractivity contribution in [3.8, 4) is 0 Å². The van der Waals surface area contributed by atoms with E-state index in [1.807, 2.05) is 18.2 Å². The lowest BCUT2D eigenvalue weighted by Crippen LogP contribution is -2.36. The molecule has 1 radical (unpaired) electrons. The van der Waals surface area contributed by atoms with Gasteiger partial charge in [0, 0.05) is 12.3 Å². The Bertz CT molecular complexity index is 716. The van der Waals surface area contributed by atoms with Crippen molar-refractivity contribution < 1.29 is 4.79 Å². The molecule has 0 heterocycles. The highest BCUT2D eigenvalue weighted by molar-refractivity contribution is 6.53. The van der Waals surface area contributed by atoms with Crippen molar-refractivity contribution in [1.82, 2.24) is 0 Å². The Morgan fingerprint density at radius 3 is 2.52 bits per heavy atom. The topological polar surface area (TPSA) is 17.1 Å². The molecule has 1 nitrogen and oxygen atoms in total. The SMILES string of the molecule is C=CCCCC1(CCCC=C)c2cc([B]CC)ccc2C2C=CC(=O)CC21. The quantitative estimate of drug-likeness (QED) is 0.300. The number of carbonyl (C=O) groups excluding carboxylic acids is 1. The number of carbonyl (C=O) groups is 1. The first-order valence-corrected chi connectivity index (χ1v) is 10.6. The second-order valence-corrected chi connectivity index (χ2v) is 8.14. The van der Waals surface area contributed by atoms with E-state index in [-0.39, 0.29) is 5.41 Å². The molecule has 0 saturated heterocycles. The predicted molar refractivity (Wildman–Crippen MR) is 117 cm³/mol. The zero-order chi connectivity index (χ0) is 19.3. The van der Waals surface area contributed by atoms with Crippen molar-refractivity contribution in [3.63, 3.8) is 0 Å². The minimum Gasteiger partial charge on any atom is -0.295 e. The van der Waals surface area contributed by atoms with E-state index in [0.29, 0.717) is 24.0 Å². The van der Waals surface area contributed by atoms with Crippen LogP contribution in [0.2, 0.25) is 6.32 Å². The Balaban J connectivity index is 2.07. The summed E-state index contributed by atoms with van der Waals surface area (Å²) in [5.41, 5.74) is 4.38. The lowest BCUT2D eigenvalue weighted by Gasteiger charge is -2.39. The molecular formula is C25H32BO. The average Bonchev–Trinajstić information content (AvgIpc) is 2.92. The maximum atomic E-state index is 12.3. The minimum absolute atomic E-state index is 0.101. The molecule has 2 aliphatic rings. The predicted octanol–water partition coefficient (Wildman–Crippen LogP) is 5.65. The highest BCUT2D eigenvalue weighted by Crippen LogP contribution is 2.58. The van der Waals surface area contributed by atoms with Gasteiger partial charge in [-0.3, -0.25) is 4.79 Å². The molecule has 2 unspecified atom stereocenters. The van der Waals surface area contributed by atoms with Crippen molar-refractivity contribution in [2.24, 2.45) is 5.92 Å². The molecule has 3 rings (SSSR count). The van der Waals surface area contributed by atoms with Gasteiger partial charge in [0.25, 0.3) is 0 Å². The van der Waals surface area contributed by atoms with E-state index in [1.165, 1.54) is 16.6 Å². The van der Waals surface area contributed by atoms with Crippen LogP contribution in [0.3, 0.4) is 0 Å². The fraction of sp³-hybridized carbons (Fsp3) is 0.480. The minimum atomic E-state index is 0.101. The lowest BCUT2D eigenvalue weighted by atomic mass is 9.62. The monoisotopic (exact) mass is 359 g/mol. The van der Waals surface area contributed by atoms with Crippen molar-refractivity contribution in [2.75, 3.05) is 0 Å². The first-order chi connectivity index (χ1) is 13.2. The lowest BCUT2D eigenvalue weighted by molar-refractivity contribution is -0.116. The Morgan fingerprint density at radius 1 is 1.19 bits per heavy atom. The molecule has 2 atom stereocenters. The molecule has 1 aromatic carbocycles. The molecule has 27 heavy (non-hydrogen) atoms. The van der Waals surface area contributed by atoms with Gasteiger partial charge in [-0.2, -0.15) is 0 Å². The molecule has 0 aromatic heterocycles. The largest absolute Gasteiger partial charge is 0.295 e. The summed E-state index contributed by atoms with van der Waals surface area (Å²) in [5, 5.41) is 0. The maximum Gasteiger partial charge on any atom is 0.155 e. The van der Waals surface area contributed by atoms with Crippen LogP contribution in [-0.4, -0.2) is 13.1 Å². The number of hydrogen-bond acceptors (Lipinski definition) is 1. The first kappa shape index (κ1) is 19.9. The number of benzene rings is 1. The third kappa shape index (κ3) is 3.90. The molecule has 2 aliphatic carbocycles. The third-order valence-electron chi connectivity index (χ3n) is 6.53. The first-order valence-electron chi connectivity index (χ1n) is 10.6. The molecule has 0 amide bonds. The van der Waals surface area contributed by atoms with Gasteiger partial charge < -0.3 is 0 Å². The number of ketones is 1. The van der Waals surface area contributed by atoms with Gasteiger partial charge in [0.1, 0.15) is 0 Å². The van der Waals surface area contributed by atoms with E-state index in [4.69, 9.17) is 0 Å². The van der Waals surface area contributed by atoms with E-state index >= 15 is 0 Å². The number of fused-ring (bicyclic) bond motifs is 3. The zero-order valence-electron chi connectivity index (χ0n) is 16.8. The molecular weight excluding hydrogens is 327 g/mol. The van der Waals surface area contributed by atoms with Crippen molar-refractivity contribution in [2.45, 2.75) is 69.5 Å². The van der Waals surface area contributed by atoms with E-state index in [0.717, 1.165) is 44.8 Å². The summed E-state index contributed by atoms with van der Waals surface area (Å²) in [6, 6.07) is 7.02. The van der Waals surface area contributed by atoms with Crippen LogP contribution in [0.25, 0.3) is 0 Å². The standard InChI is InChI=1S/C25H32BO/c1-4-7-9-15-25(16-10-8-5-2)23-17-19(26-6-3)11-13-21(23)22-14-12-20(27)18-24(22)25/h4-5,11-14,17,22,24H,1-2,6-10,15-16,18H2,3H3. The van der Waals surface area contributed by atoms with E-state index in [9.17, 15) is 4.79 Å². The van der Waals surface area contributed by atoms with Gasteiger partial charge in [0.2, 0.25) is 0 Å². The van der Waals surface area contributed by atoms with Crippen molar-refractivity contribution in [1.29, 1.82) is 0 Å². The van der Waals surface area contributed by atoms with Crippen LogP contribution in [0.5, 0.6) is 0 Å². The third-order valence-corrected chi connectivity index (χ3v) is 6.53. The zero-order valence-corrected chi connectivity index (χ0v) is 16.8. The number of allylic oxidation sites excluding steroid dienone is 4. The smallest absolute Gasteiger partial charge is 0.155 e. The summed E-state index contributed by atoms with van der Waals surface area (Å²) < 4.78 is 0. The van der Waals surface area contributed by atoms with Gasteiger partial charge in [-0.25, -0.2) is 0 Å². The van der Waals surface area contributed by atoms with Gasteiger partial charge in [-0.05, 0) is 67.1 Å². The Labute approximate surface area is 165 Å². The van der Waals surface area contributed by atoms with Crippen LogP contribution < -0.4 is 5.46 Å². The molecule has 2 heteroatoms. The van der Waals surface area contributed by atoms with Crippen LogP contribution in [0.1, 0.15) is 68.9 Å². The molecule has 141 valence electrons. The summed E-state index contributed by atoms with van der Waals surface area (Å²) in [6.07, 6.45) is 16.4. The summed E-state index contributed by atoms with van der Waals surface area (Å²) >= 11 is 0. The molecule has 0 N–H and O–H groups in total. The van der Waals surface area contributed by atoms with E-state index in [1.54, 1.807) is 0 Å². The summed E-state index contributed by atoms with van der Waals surface area (Å²) in [6.45, 7) is 10.0. The van der Waals surface area contributed by atoms with Gasteiger partial charge in [-0.1, -0.05) is 55.1 Å². The van der Waals surface area contributed by atoms with Crippen LogP contribution in [0, 0.1) is 5.92 Å². The van der Waals surface area contributed by atoms with Crippen LogP contribution in [0.15, 0.2) is 55.7 Å². The fourth-order valence-corrected chi connectivity index (χ4v) is 5.36. The second kappa shape index (κ2) is 8.91. The van der Waals surface area contributed by atoms with Crippen LogP contribution in [-0.2, 0) is 10.2 Å². The van der Waals surface area contributed by atoms with E-state index in [2.05, 4.69) is 51.6 Å². The number of unbranched alkanes of at least 4 members (excludes halogenated alkanes) is 2. The van der Waals surface area contributed by atoms with Crippen LogP contribution in [0.4, 0.5) is 0 Å². The van der Waals surface area contributed by atoms with Gasteiger partial charge in [0.05, 0.1) is 0 Å². The highest BCUT2D eigenvalue weighted by Gasteiger charge is 2.51. The van der Waals surface area contributed by atoms with Gasteiger partial charge in [0.15, 0.2) is 13.1 Å². The molecule has 0 fully saturated rings. The second-order valence-electron chi connectivity index (χ2n) is 8.14. The normalized spacial score (nSPS) is 22.2. The molecule has 0 spiro atoms.